The predicted octanol–water partition coefficient (Wildman–Crippen LogP) is 1.33. The summed E-state index contributed by atoms with van der Waals surface area (Å²) in [7, 11) is 0. The fraction of sp³-hybridized carbons (Fsp3) is 0.333. The monoisotopic (exact) mass is 338 g/mol. The first kappa shape index (κ1) is 18.7. The van der Waals surface area contributed by atoms with Gasteiger partial charge in [0.2, 0.25) is 11.8 Å². The Morgan fingerprint density at radius 3 is 2.13 bits per heavy atom. The highest BCUT2D eigenvalue weighted by atomic mass is 32.2. The summed E-state index contributed by atoms with van der Waals surface area (Å²) in [5.74, 6) is -0.898. The molecule has 0 fully saturated rings. The van der Waals surface area contributed by atoms with E-state index in [-0.39, 0.29) is 22.5 Å². The van der Waals surface area contributed by atoms with Crippen molar-refractivity contribution in [1.29, 1.82) is 0 Å². The summed E-state index contributed by atoms with van der Waals surface area (Å²) < 4.78 is 5.18. The quantitative estimate of drug-likeness (QED) is 0.599. The molecular weight excluding hydrogens is 320 g/mol. The van der Waals surface area contributed by atoms with Crippen LogP contribution in [0.4, 0.5) is 5.69 Å². The number of amides is 2. The average Bonchev–Trinajstić information content (AvgIpc) is 2.44. The largest absolute Gasteiger partial charge is 0.425 e. The summed E-state index contributed by atoms with van der Waals surface area (Å²) in [5, 5.41) is 4.88. The Bertz CT molecular complexity index is 600. The molecule has 0 heterocycles. The number of rotatable bonds is 6. The number of benzene rings is 1. The summed E-state index contributed by atoms with van der Waals surface area (Å²) >= 11 is 0.928. The molecule has 2 N–H and O–H groups in total. The molecule has 0 spiro atoms. The van der Waals surface area contributed by atoms with E-state index in [0.717, 1.165) is 11.8 Å². The van der Waals surface area contributed by atoms with Crippen LogP contribution in [0.5, 0.6) is 5.75 Å². The van der Waals surface area contributed by atoms with Gasteiger partial charge in [0.1, 0.15) is 11.8 Å². The van der Waals surface area contributed by atoms with Crippen LogP contribution in [-0.4, -0.2) is 34.7 Å². The Balaban J connectivity index is 2.70. The summed E-state index contributed by atoms with van der Waals surface area (Å²) in [6, 6.07) is 5.29. The summed E-state index contributed by atoms with van der Waals surface area (Å²) in [4.78, 5) is 45.2. The molecule has 0 aliphatic carbocycles. The van der Waals surface area contributed by atoms with Gasteiger partial charge < -0.3 is 15.4 Å². The number of ether oxygens (including phenoxy) is 1. The third-order valence-electron chi connectivity index (χ3n) is 2.51. The average molecular weight is 338 g/mol. The molecule has 8 heteroatoms. The Morgan fingerprint density at radius 2 is 1.65 bits per heavy atom. The Labute approximate surface area is 138 Å². The van der Waals surface area contributed by atoms with Gasteiger partial charge in [0.05, 0.1) is 0 Å². The second-order valence-corrected chi connectivity index (χ2v) is 5.88. The van der Waals surface area contributed by atoms with Crippen molar-refractivity contribution in [3.8, 4) is 5.75 Å². The van der Waals surface area contributed by atoms with Crippen LogP contribution in [0.25, 0.3) is 0 Å². The molecule has 0 aliphatic heterocycles. The van der Waals surface area contributed by atoms with Crippen LogP contribution >= 0.6 is 11.8 Å². The van der Waals surface area contributed by atoms with Crippen molar-refractivity contribution in [2.24, 2.45) is 0 Å². The lowest BCUT2D eigenvalue weighted by molar-refractivity contribution is -0.138. The molecule has 0 unspecified atom stereocenters. The maximum absolute atomic E-state index is 12.1. The van der Waals surface area contributed by atoms with Gasteiger partial charge in [-0.25, -0.2) is 4.79 Å². The van der Waals surface area contributed by atoms with Crippen LogP contribution in [0.15, 0.2) is 24.3 Å². The topological polar surface area (TPSA) is 102 Å². The lowest BCUT2D eigenvalue weighted by atomic mass is 10.3. The van der Waals surface area contributed by atoms with Gasteiger partial charge in [0, 0.05) is 32.2 Å². The highest BCUT2D eigenvalue weighted by molar-refractivity contribution is 8.13. The van der Waals surface area contributed by atoms with Gasteiger partial charge in [-0.1, -0.05) is 11.8 Å². The zero-order valence-corrected chi connectivity index (χ0v) is 13.9. The first-order valence-electron chi connectivity index (χ1n) is 6.77. The molecular formula is C15H18N2O5S. The minimum Gasteiger partial charge on any atom is -0.425 e. The molecule has 0 aliphatic rings. The number of esters is 1. The SMILES string of the molecule is CC(=O)Nc1ccc(OC(=O)[C@H](CSC(C)=O)NC(C)=O)cc1. The van der Waals surface area contributed by atoms with E-state index in [0.29, 0.717) is 5.69 Å². The summed E-state index contributed by atoms with van der Waals surface area (Å²) in [6.45, 7) is 4.04. The molecule has 1 rings (SSSR count). The molecule has 0 aromatic heterocycles. The van der Waals surface area contributed by atoms with E-state index in [1.807, 2.05) is 0 Å². The molecule has 1 aromatic carbocycles. The van der Waals surface area contributed by atoms with Crippen molar-refractivity contribution < 1.29 is 23.9 Å². The second kappa shape index (κ2) is 8.94. The van der Waals surface area contributed by atoms with Gasteiger partial charge in [-0.3, -0.25) is 14.4 Å². The third kappa shape index (κ3) is 7.46. The highest BCUT2D eigenvalue weighted by Crippen LogP contribution is 2.17. The minimum atomic E-state index is -0.920. The standard InChI is InChI=1S/C15H18N2O5S/c1-9(18)16-12-4-6-13(7-5-12)22-15(21)14(17-10(2)19)8-23-11(3)20/h4-7,14H,8H2,1-3H3,(H,16,18)(H,17,19)/t14-/m0/s1. The summed E-state index contributed by atoms with van der Waals surface area (Å²) in [6.07, 6.45) is 0. The van der Waals surface area contributed by atoms with Crippen molar-refractivity contribution in [3.63, 3.8) is 0 Å². The summed E-state index contributed by atoms with van der Waals surface area (Å²) in [5.41, 5.74) is 0.572. The van der Waals surface area contributed by atoms with Crippen LogP contribution < -0.4 is 15.4 Å². The van der Waals surface area contributed by atoms with Crippen molar-refractivity contribution in [2.45, 2.75) is 26.8 Å². The minimum absolute atomic E-state index is 0.0950. The van der Waals surface area contributed by atoms with Crippen molar-refractivity contribution in [1.82, 2.24) is 5.32 Å². The Kier molecular flexibility index (Phi) is 7.27. The van der Waals surface area contributed by atoms with Gasteiger partial charge in [0.15, 0.2) is 5.12 Å². The lowest BCUT2D eigenvalue weighted by Gasteiger charge is -2.15. The van der Waals surface area contributed by atoms with E-state index in [1.54, 1.807) is 12.1 Å². The fourth-order valence-electron chi connectivity index (χ4n) is 1.61. The van der Waals surface area contributed by atoms with E-state index < -0.39 is 17.9 Å². The first-order chi connectivity index (χ1) is 10.8. The molecule has 0 saturated heterocycles. The second-order valence-electron chi connectivity index (χ2n) is 4.68. The molecule has 1 atom stereocenters. The number of carbonyl (C=O) groups is 4. The molecule has 0 bridgehead atoms. The van der Waals surface area contributed by atoms with E-state index in [1.165, 1.54) is 32.9 Å². The van der Waals surface area contributed by atoms with Gasteiger partial charge in [-0.05, 0) is 24.3 Å². The van der Waals surface area contributed by atoms with Crippen LogP contribution in [0.2, 0.25) is 0 Å². The van der Waals surface area contributed by atoms with Crippen LogP contribution in [-0.2, 0) is 19.2 Å². The zero-order chi connectivity index (χ0) is 17.4. The maximum atomic E-state index is 12.1. The van der Waals surface area contributed by atoms with Crippen molar-refractivity contribution >= 4 is 40.3 Å². The highest BCUT2D eigenvalue weighted by Gasteiger charge is 2.22. The number of thioether (sulfide) groups is 1. The number of nitrogens with one attached hydrogen (secondary N) is 2. The molecule has 124 valence electrons. The number of hydrogen-bond acceptors (Lipinski definition) is 6. The van der Waals surface area contributed by atoms with Crippen molar-refractivity contribution in [2.75, 3.05) is 11.1 Å². The van der Waals surface area contributed by atoms with Gasteiger partial charge in [-0.15, -0.1) is 0 Å². The van der Waals surface area contributed by atoms with Crippen molar-refractivity contribution in [3.05, 3.63) is 24.3 Å². The van der Waals surface area contributed by atoms with Crippen LogP contribution in [0.3, 0.4) is 0 Å². The normalized spacial score (nSPS) is 11.3. The molecule has 2 amide bonds. The molecule has 23 heavy (non-hydrogen) atoms. The molecule has 0 radical (unpaired) electrons. The smallest absolute Gasteiger partial charge is 0.334 e. The number of carbonyl (C=O) groups excluding carboxylic acids is 4. The number of anilines is 1. The zero-order valence-electron chi connectivity index (χ0n) is 13.0. The van der Waals surface area contributed by atoms with Gasteiger partial charge in [-0.2, -0.15) is 0 Å². The molecule has 0 saturated carbocycles. The number of hydrogen-bond donors (Lipinski definition) is 2. The predicted molar refractivity (Wildman–Crippen MR) is 87.1 cm³/mol. The van der Waals surface area contributed by atoms with Gasteiger partial charge >= 0.3 is 5.97 Å². The third-order valence-corrected chi connectivity index (χ3v) is 3.41. The van der Waals surface area contributed by atoms with Crippen LogP contribution in [0.1, 0.15) is 20.8 Å². The van der Waals surface area contributed by atoms with E-state index in [9.17, 15) is 19.2 Å². The Morgan fingerprint density at radius 1 is 1.04 bits per heavy atom. The maximum Gasteiger partial charge on any atom is 0.334 e. The Hall–Kier alpha value is -2.35. The van der Waals surface area contributed by atoms with E-state index in [4.69, 9.17) is 4.74 Å². The van der Waals surface area contributed by atoms with E-state index >= 15 is 0 Å². The molecule has 1 aromatic rings. The van der Waals surface area contributed by atoms with Gasteiger partial charge in [0.25, 0.3) is 0 Å². The first-order valence-corrected chi connectivity index (χ1v) is 7.76. The lowest BCUT2D eigenvalue weighted by Crippen LogP contribution is -2.44. The van der Waals surface area contributed by atoms with Crippen LogP contribution in [0, 0.1) is 0 Å². The molecule has 7 nitrogen and oxygen atoms in total. The fourth-order valence-corrected chi connectivity index (χ4v) is 2.23. The van der Waals surface area contributed by atoms with E-state index in [2.05, 4.69) is 10.6 Å².